The second-order valence-corrected chi connectivity index (χ2v) is 5.24. The van der Waals surface area contributed by atoms with Gasteiger partial charge in [0.05, 0.1) is 6.61 Å². The monoisotopic (exact) mass is 254 g/mol. The van der Waals surface area contributed by atoms with Crippen LogP contribution in [-0.2, 0) is 9.53 Å². The molecule has 0 saturated carbocycles. The number of rotatable bonds is 5. The molecule has 1 aromatic rings. The third-order valence-corrected chi connectivity index (χ3v) is 3.76. The van der Waals surface area contributed by atoms with Crippen molar-refractivity contribution in [3.8, 4) is 5.75 Å². The highest BCUT2D eigenvalue weighted by Crippen LogP contribution is 2.30. The van der Waals surface area contributed by atoms with Gasteiger partial charge in [-0.1, -0.05) is 13.8 Å². The number of esters is 1. The van der Waals surface area contributed by atoms with Crippen LogP contribution in [0.15, 0.2) is 29.2 Å². The SMILES string of the molecule is CCOC(=O)[C@@H](Sc1ccc(O)cc1)C(C)C. The molecule has 0 amide bonds. The average molecular weight is 254 g/mol. The number of hydrogen-bond acceptors (Lipinski definition) is 4. The summed E-state index contributed by atoms with van der Waals surface area (Å²) in [4.78, 5) is 12.7. The number of benzene rings is 1. The summed E-state index contributed by atoms with van der Waals surface area (Å²) in [6, 6.07) is 6.83. The van der Waals surface area contributed by atoms with Gasteiger partial charge in [-0.15, -0.1) is 11.8 Å². The fourth-order valence-electron chi connectivity index (χ4n) is 1.35. The third kappa shape index (κ3) is 4.30. The molecule has 0 aliphatic heterocycles. The molecule has 1 atom stereocenters. The Morgan fingerprint density at radius 1 is 1.35 bits per heavy atom. The molecule has 0 radical (unpaired) electrons. The van der Waals surface area contributed by atoms with Crippen LogP contribution in [0.25, 0.3) is 0 Å². The first kappa shape index (κ1) is 13.9. The zero-order valence-electron chi connectivity index (χ0n) is 10.3. The lowest BCUT2D eigenvalue weighted by atomic mass is 10.1. The topological polar surface area (TPSA) is 46.5 Å². The van der Waals surface area contributed by atoms with Crippen LogP contribution in [-0.4, -0.2) is 22.9 Å². The number of hydrogen-bond donors (Lipinski definition) is 1. The third-order valence-electron chi connectivity index (χ3n) is 2.22. The number of aromatic hydroxyl groups is 1. The number of phenolic OH excluding ortho intramolecular Hbond substituents is 1. The van der Waals surface area contributed by atoms with E-state index in [1.807, 2.05) is 13.8 Å². The summed E-state index contributed by atoms with van der Waals surface area (Å²) in [5.41, 5.74) is 0. The minimum absolute atomic E-state index is 0.180. The maximum Gasteiger partial charge on any atom is 0.319 e. The summed E-state index contributed by atoms with van der Waals surface area (Å²) in [5.74, 6) is 0.250. The largest absolute Gasteiger partial charge is 0.508 e. The van der Waals surface area contributed by atoms with Gasteiger partial charge in [0, 0.05) is 4.90 Å². The van der Waals surface area contributed by atoms with E-state index < -0.39 is 0 Å². The molecule has 0 fully saturated rings. The van der Waals surface area contributed by atoms with E-state index in [0.29, 0.717) is 6.61 Å². The molecule has 0 aliphatic rings. The molecule has 0 spiro atoms. The van der Waals surface area contributed by atoms with E-state index in [0.717, 1.165) is 4.90 Å². The van der Waals surface area contributed by atoms with Gasteiger partial charge in [-0.05, 0) is 37.1 Å². The summed E-state index contributed by atoms with van der Waals surface area (Å²) in [6.07, 6.45) is 0. The van der Waals surface area contributed by atoms with E-state index >= 15 is 0 Å². The smallest absolute Gasteiger partial charge is 0.319 e. The van der Waals surface area contributed by atoms with Gasteiger partial charge in [-0.2, -0.15) is 0 Å². The lowest BCUT2D eigenvalue weighted by Gasteiger charge is -2.18. The number of thioether (sulfide) groups is 1. The number of carbonyl (C=O) groups excluding carboxylic acids is 1. The standard InChI is InChI=1S/C13H18O3S/c1-4-16-13(15)12(9(2)3)17-11-7-5-10(14)6-8-11/h5-9,12,14H,4H2,1-3H3/t12-/m0/s1. The molecule has 0 saturated heterocycles. The first-order valence-corrected chi connectivity index (χ1v) is 6.55. The quantitative estimate of drug-likeness (QED) is 0.648. The van der Waals surface area contributed by atoms with Crippen molar-refractivity contribution >= 4 is 17.7 Å². The maximum absolute atomic E-state index is 11.8. The van der Waals surface area contributed by atoms with Crippen LogP contribution in [0.3, 0.4) is 0 Å². The number of ether oxygens (including phenoxy) is 1. The van der Waals surface area contributed by atoms with Gasteiger partial charge in [0.2, 0.25) is 0 Å². The summed E-state index contributed by atoms with van der Waals surface area (Å²) in [6.45, 7) is 6.20. The molecule has 94 valence electrons. The molecule has 1 aromatic carbocycles. The van der Waals surface area contributed by atoms with Gasteiger partial charge in [-0.25, -0.2) is 0 Å². The Labute approximate surface area is 106 Å². The highest BCUT2D eigenvalue weighted by atomic mass is 32.2. The minimum atomic E-state index is -0.209. The van der Waals surface area contributed by atoms with Gasteiger partial charge in [0.15, 0.2) is 0 Å². The van der Waals surface area contributed by atoms with Crippen molar-refractivity contribution in [2.45, 2.75) is 30.9 Å². The van der Waals surface area contributed by atoms with Crippen LogP contribution in [0, 0.1) is 5.92 Å². The number of phenols is 1. The van der Waals surface area contributed by atoms with Crippen molar-refractivity contribution in [2.24, 2.45) is 5.92 Å². The van der Waals surface area contributed by atoms with E-state index in [-0.39, 0.29) is 22.9 Å². The second-order valence-electron chi connectivity index (χ2n) is 4.03. The van der Waals surface area contributed by atoms with E-state index in [1.165, 1.54) is 11.8 Å². The van der Waals surface area contributed by atoms with Crippen molar-refractivity contribution in [1.82, 2.24) is 0 Å². The number of carbonyl (C=O) groups is 1. The van der Waals surface area contributed by atoms with Gasteiger partial charge in [0.25, 0.3) is 0 Å². The van der Waals surface area contributed by atoms with Crippen LogP contribution >= 0.6 is 11.8 Å². The minimum Gasteiger partial charge on any atom is -0.508 e. The maximum atomic E-state index is 11.8. The first-order chi connectivity index (χ1) is 8.04. The van der Waals surface area contributed by atoms with E-state index in [1.54, 1.807) is 31.2 Å². The zero-order chi connectivity index (χ0) is 12.8. The van der Waals surface area contributed by atoms with Gasteiger partial charge < -0.3 is 9.84 Å². The molecule has 0 unspecified atom stereocenters. The normalized spacial score (nSPS) is 12.5. The first-order valence-electron chi connectivity index (χ1n) is 5.67. The molecular weight excluding hydrogens is 236 g/mol. The van der Waals surface area contributed by atoms with Crippen LogP contribution < -0.4 is 0 Å². The van der Waals surface area contributed by atoms with E-state index in [9.17, 15) is 9.90 Å². The highest BCUT2D eigenvalue weighted by molar-refractivity contribution is 8.00. The molecule has 0 bridgehead atoms. The summed E-state index contributed by atoms with van der Waals surface area (Å²) in [5, 5.41) is 8.98. The lowest BCUT2D eigenvalue weighted by molar-refractivity contribution is -0.143. The van der Waals surface area contributed by atoms with E-state index in [2.05, 4.69) is 0 Å². The van der Waals surface area contributed by atoms with Crippen molar-refractivity contribution < 1.29 is 14.6 Å². The van der Waals surface area contributed by atoms with Crippen LogP contribution in [0.1, 0.15) is 20.8 Å². The predicted molar refractivity (Wildman–Crippen MR) is 69.2 cm³/mol. The molecular formula is C13H18O3S. The van der Waals surface area contributed by atoms with Crippen molar-refractivity contribution in [3.63, 3.8) is 0 Å². The Hall–Kier alpha value is -1.16. The molecule has 1 rings (SSSR count). The van der Waals surface area contributed by atoms with Crippen LogP contribution in [0.4, 0.5) is 0 Å². The van der Waals surface area contributed by atoms with Gasteiger partial charge >= 0.3 is 5.97 Å². The Bertz CT molecular complexity index is 359. The van der Waals surface area contributed by atoms with Gasteiger partial charge in [0.1, 0.15) is 11.0 Å². The molecule has 0 heterocycles. The Morgan fingerprint density at radius 3 is 2.41 bits per heavy atom. The molecule has 0 aromatic heterocycles. The molecule has 1 N–H and O–H groups in total. The predicted octanol–water partition coefficient (Wildman–Crippen LogP) is 3.07. The van der Waals surface area contributed by atoms with Crippen molar-refractivity contribution in [2.75, 3.05) is 6.61 Å². The fraction of sp³-hybridized carbons (Fsp3) is 0.462. The Kier molecular flexibility index (Phi) is 5.35. The second kappa shape index (κ2) is 6.55. The molecule has 3 nitrogen and oxygen atoms in total. The summed E-state index contributed by atoms with van der Waals surface area (Å²) in [7, 11) is 0. The van der Waals surface area contributed by atoms with E-state index in [4.69, 9.17) is 4.74 Å². The van der Waals surface area contributed by atoms with Gasteiger partial charge in [-0.3, -0.25) is 4.79 Å². The fourth-order valence-corrected chi connectivity index (χ4v) is 2.37. The Morgan fingerprint density at radius 2 is 1.94 bits per heavy atom. The Balaban J connectivity index is 2.73. The zero-order valence-corrected chi connectivity index (χ0v) is 11.2. The average Bonchev–Trinajstić information content (AvgIpc) is 2.28. The molecule has 4 heteroatoms. The lowest BCUT2D eigenvalue weighted by Crippen LogP contribution is -2.25. The van der Waals surface area contributed by atoms with Crippen molar-refractivity contribution in [1.29, 1.82) is 0 Å². The van der Waals surface area contributed by atoms with Crippen LogP contribution in [0.5, 0.6) is 5.75 Å². The summed E-state index contributed by atoms with van der Waals surface area (Å²) < 4.78 is 5.05. The van der Waals surface area contributed by atoms with Crippen molar-refractivity contribution in [3.05, 3.63) is 24.3 Å². The highest BCUT2D eigenvalue weighted by Gasteiger charge is 2.24. The molecule has 0 aliphatic carbocycles. The van der Waals surface area contributed by atoms with Crippen LogP contribution in [0.2, 0.25) is 0 Å². The summed E-state index contributed by atoms with van der Waals surface area (Å²) >= 11 is 1.47. The molecule has 17 heavy (non-hydrogen) atoms.